The molecule has 0 unspecified atom stereocenters. The van der Waals surface area contributed by atoms with Crippen LogP contribution in [0.4, 0.5) is 0 Å². The van der Waals surface area contributed by atoms with Crippen LogP contribution in [0, 0.1) is 12.8 Å². The van der Waals surface area contributed by atoms with Crippen molar-refractivity contribution in [2.75, 3.05) is 13.2 Å². The van der Waals surface area contributed by atoms with Crippen molar-refractivity contribution < 1.29 is 14.1 Å². The van der Waals surface area contributed by atoms with Crippen LogP contribution in [-0.4, -0.2) is 29.3 Å². The molecule has 110 valence electrons. The van der Waals surface area contributed by atoms with E-state index >= 15 is 0 Å². The third-order valence-electron chi connectivity index (χ3n) is 3.51. The number of aryl methyl sites for hydroxylation is 1. The second-order valence-corrected chi connectivity index (χ2v) is 5.11. The second kappa shape index (κ2) is 6.05. The number of nitrogens with zero attached hydrogens (tertiary/aromatic N) is 2. The Hall–Kier alpha value is -2.21. The van der Waals surface area contributed by atoms with Gasteiger partial charge in [-0.15, -0.1) is 0 Å². The first kappa shape index (κ1) is 13.8. The van der Waals surface area contributed by atoms with Gasteiger partial charge in [0.05, 0.1) is 12.5 Å². The second-order valence-electron chi connectivity index (χ2n) is 5.11. The first-order valence-corrected chi connectivity index (χ1v) is 6.97. The van der Waals surface area contributed by atoms with Gasteiger partial charge in [0.2, 0.25) is 17.6 Å². The number of carbonyl (C=O) groups is 1. The maximum absolute atomic E-state index is 11.9. The quantitative estimate of drug-likeness (QED) is 0.926. The van der Waals surface area contributed by atoms with Gasteiger partial charge in [-0.2, -0.15) is 4.98 Å². The monoisotopic (exact) mass is 287 g/mol. The van der Waals surface area contributed by atoms with Crippen molar-refractivity contribution in [2.24, 2.45) is 5.92 Å². The van der Waals surface area contributed by atoms with Gasteiger partial charge in [0.1, 0.15) is 0 Å². The molecule has 1 amide bonds. The summed E-state index contributed by atoms with van der Waals surface area (Å²) in [6.07, 6.45) is 0.807. The topological polar surface area (TPSA) is 77.2 Å². The molecule has 6 heteroatoms. The Labute approximate surface area is 122 Å². The lowest BCUT2D eigenvalue weighted by Crippen LogP contribution is -2.30. The van der Waals surface area contributed by atoms with Crippen LogP contribution in [-0.2, 0) is 16.1 Å². The molecule has 1 aliphatic rings. The number of ether oxygens (including phenoxy) is 1. The van der Waals surface area contributed by atoms with Crippen LogP contribution in [0.15, 0.2) is 28.8 Å². The van der Waals surface area contributed by atoms with Gasteiger partial charge in [-0.05, 0) is 12.0 Å². The molecule has 2 heterocycles. The molecule has 3 rings (SSSR count). The predicted molar refractivity (Wildman–Crippen MR) is 75.2 cm³/mol. The van der Waals surface area contributed by atoms with Crippen molar-refractivity contribution in [3.05, 3.63) is 35.7 Å². The smallest absolute Gasteiger partial charge is 0.225 e. The fourth-order valence-corrected chi connectivity index (χ4v) is 2.26. The summed E-state index contributed by atoms with van der Waals surface area (Å²) in [5.74, 6) is 1.17. The van der Waals surface area contributed by atoms with Crippen molar-refractivity contribution in [1.29, 1.82) is 0 Å². The van der Waals surface area contributed by atoms with Crippen LogP contribution in [0.1, 0.15) is 17.9 Å². The molecule has 2 aromatic rings. The van der Waals surface area contributed by atoms with E-state index in [9.17, 15) is 4.79 Å². The predicted octanol–water partition coefficient (Wildman–Crippen LogP) is 1.70. The molecule has 1 aromatic carbocycles. The lowest BCUT2D eigenvalue weighted by atomic mass is 10.1. The van der Waals surface area contributed by atoms with Gasteiger partial charge in [-0.25, -0.2) is 0 Å². The summed E-state index contributed by atoms with van der Waals surface area (Å²) in [7, 11) is 0. The normalized spacial score (nSPS) is 17.9. The number of rotatable bonds is 4. The summed E-state index contributed by atoms with van der Waals surface area (Å²) >= 11 is 0. The van der Waals surface area contributed by atoms with Crippen LogP contribution in [0.25, 0.3) is 11.4 Å². The number of benzene rings is 1. The minimum Gasteiger partial charge on any atom is -0.381 e. The van der Waals surface area contributed by atoms with E-state index in [0.29, 0.717) is 31.5 Å². The van der Waals surface area contributed by atoms with E-state index in [1.165, 1.54) is 0 Å². The molecule has 1 N–H and O–H groups in total. The molecule has 6 nitrogen and oxygen atoms in total. The third-order valence-corrected chi connectivity index (χ3v) is 3.51. The van der Waals surface area contributed by atoms with Gasteiger partial charge in [0, 0.05) is 25.6 Å². The Bertz CT molecular complexity index is 615. The Morgan fingerprint density at radius 1 is 1.38 bits per heavy atom. The first-order chi connectivity index (χ1) is 10.2. The minimum atomic E-state index is -0.00780. The van der Waals surface area contributed by atoms with Gasteiger partial charge in [-0.3, -0.25) is 4.79 Å². The van der Waals surface area contributed by atoms with Crippen molar-refractivity contribution >= 4 is 5.91 Å². The highest BCUT2D eigenvalue weighted by atomic mass is 16.5. The Morgan fingerprint density at radius 3 is 2.81 bits per heavy atom. The van der Waals surface area contributed by atoms with E-state index in [-0.39, 0.29) is 11.8 Å². The fraction of sp³-hybridized carbons (Fsp3) is 0.400. The SMILES string of the molecule is Cc1nc(-c2ccc(CNC(=O)[C@@H]3CCOC3)cc2)no1. The largest absolute Gasteiger partial charge is 0.381 e. The highest BCUT2D eigenvalue weighted by Gasteiger charge is 2.22. The molecule has 1 atom stereocenters. The van der Waals surface area contributed by atoms with Gasteiger partial charge in [0.15, 0.2) is 0 Å². The molecule has 0 saturated carbocycles. The van der Waals surface area contributed by atoms with Gasteiger partial charge in [-0.1, -0.05) is 29.4 Å². The van der Waals surface area contributed by atoms with Crippen molar-refractivity contribution in [3.63, 3.8) is 0 Å². The van der Waals surface area contributed by atoms with E-state index < -0.39 is 0 Å². The van der Waals surface area contributed by atoms with E-state index in [2.05, 4.69) is 15.5 Å². The van der Waals surface area contributed by atoms with E-state index in [1.54, 1.807) is 6.92 Å². The molecule has 0 radical (unpaired) electrons. The molecule has 0 spiro atoms. The average molecular weight is 287 g/mol. The van der Waals surface area contributed by atoms with Crippen LogP contribution in [0.5, 0.6) is 0 Å². The Morgan fingerprint density at radius 2 is 2.19 bits per heavy atom. The highest BCUT2D eigenvalue weighted by molar-refractivity contribution is 5.79. The Kier molecular flexibility index (Phi) is 3.96. The summed E-state index contributed by atoms with van der Waals surface area (Å²) in [5.41, 5.74) is 1.93. The summed E-state index contributed by atoms with van der Waals surface area (Å²) in [6.45, 7) is 3.48. The molecule has 21 heavy (non-hydrogen) atoms. The molecular weight excluding hydrogens is 270 g/mol. The lowest BCUT2D eigenvalue weighted by molar-refractivity contribution is -0.125. The standard InChI is InChI=1S/C15H17N3O3/c1-10-17-14(18-21-10)12-4-2-11(3-5-12)8-16-15(19)13-6-7-20-9-13/h2-5,13H,6-9H2,1H3,(H,16,19)/t13-/m1/s1. The maximum Gasteiger partial charge on any atom is 0.225 e. The van der Waals surface area contributed by atoms with Gasteiger partial charge in [0.25, 0.3) is 0 Å². The van der Waals surface area contributed by atoms with E-state index in [4.69, 9.17) is 9.26 Å². The van der Waals surface area contributed by atoms with Crippen LogP contribution in [0.3, 0.4) is 0 Å². The number of hydrogen-bond donors (Lipinski definition) is 1. The molecular formula is C15H17N3O3. The van der Waals surface area contributed by atoms with Crippen LogP contribution >= 0.6 is 0 Å². The molecule has 1 saturated heterocycles. The van der Waals surface area contributed by atoms with Gasteiger partial charge >= 0.3 is 0 Å². The number of aromatic nitrogens is 2. The number of carbonyl (C=O) groups excluding carboxylic acids is 1. The zero-order chi connectivity index (χ0) is 14.7. The molecule has 1 fully saturated rings. The average Bonchev–Trinajstić information content (AvgIpc) is 3.17. The van der Waals surface area contributed by atoms with Crippen molar-refractivity contribution in [2.45, 2.75) is 19.9 Å². The van der Waals surface area contributed by atoms with Gasteiger partial charge < -0.3 is 14.6 Å². The van der Waals surface area contributed by atoms with E-state index in [1.807, 2.05) is 24.3 Å². The highest BCUT2D eigenvalue weighted by Crippen LogP contribution is 2.17. The molecule has 1 aromatic heterocycles. The zero-order valence-corrected chi connectivity index (χ0v) is 11.8. The summed E-state index contributed by atoms with van der Waals surface area (Å²) in [4.78, 5) is 16.1. The fourth-order valence-electron chi connectivity index (χ4n) is 2.26. The van der Waals surface area contributed by atoms with Crippen LogP contribution in [0.2, 0.25) is 0 Å². The van der Waals surface area contributed by atoms with Crippen molar-refractivity contribution in [3.8, 4) is 11.4 Å². The van der Waals surface area contributed by atoms with Crippen LogP contribution < -0.4 is 5.32 Å². The number of nitrogens with one attached hydrogen (secondary N) is 1. The van der Waals surface area contributed by atoms with E-state index in [0.717, 1.165) is 17.5 Å². The molecule has 1 aliphatic heterocycles. The summed E-state index contributed by atoms with van der Waals surface area (Å²) in [5, 5.41) is 6.81. The van der Waals surface area contributed by atoms with Crippen molar-refractivity contribution in [1.82, 2.24) is 15.5 Å². The third kappa shape index (κ3) is 3.28. The maximum atomic E-state index is 11.9. The Balaban J connectivity index is 1.58. The molecule has 0 bridgehead atoms. The summed E-state index contributed by atoms with van der Waals surface area (Å²) in [6, 6.07) is 7.74. The lowest BCUT2D eigenvalue weighted by Gasteiger charge is -2.09. The first-order valence-electron chi connectivity index (χ1n) is 6.97. The number of hydrogen-bond acceptors (Lipinski definition) is 5. The number of amides is 1. The summed E-state index contributed by atoms with van der Waals surface area (Å²) < 4.78 is 10.2. The minimum absolute atomic E-state index is 0.00780. The zero-order valence-electron chi connectivity index (χ0n) is 11.8. The molecule has 0 aliphatic carbocycles.